The van der Waals surface area contributed by atoms with Gasteiger partial charge in [-0.05, 0) is 59.1 Å². The zero-order chi connectivity index (χ0) is 25.5. The summed E-state index contributed by atoms with van der Waals surface area (Å²) < 4.78 is 0. The molecule has 3 fully saturated rings. The number of rotatable bonds is 6. The summed E-state index contributed by atoms with van der Waals surface area (Å²) in [6.45, 7) is 7.23. The van der Waals surface area contributed by atoms with Crippen LogP contribution in [0.25, 0.3) is 0 Å². The van der Waals surface area contributed by atoms with Crippen molar-refractivity contribution in [2.24, 2.45) is 0 Å². The van der Waals surface area contributed by atoms with Crippen molar-refractivity contribution in [3.63, 3.8) is 0 Å². The number of anilines is 1. The zero-order valence-electron chi connectivity index (χ0n) is 20.6. The van der Waals surface area contributed by atoms with Gasteiger partial charge in [-0.2, -0.15) is 0 Å². The molecule has 0 atom stereocenters. The standard InChI is InChI=1S/C24H32N6O5/c1-23(2)19(32)29(21(34)25-23)14-28(15-30-20(33)24(3,4)26-22(30)35)17-11-7-6-10-16(17)18(31)27-12-8-5-9-13-27/h6-7,10-11H,5,8-9,12-15H2,1-4H3,(H,25,34)(H,26,35). The Morgan fingerprint density at radius 2 is 1.31 bits per heavy atom. The molecule has 1 aromatic carbocycles. The summed E-state index contributed by atoms with van der Waals surface area (Å²) in [7, 11) is 0. The van der Waals surface area contributed by atoms with Crippen LogP contribution in [0.5, 0.6) is 0 Å². The molecule has 0 spiro atoms. The third-order valence-electron chi connectivity index (χ3n) is 6.63. The molecule has 35 heavy (non-hydrogen) atoms. The fourth-order valence-electron chi connectivity index (χ4n) is 4.63. The monoisotopic (exact) mass is 484 g/mol. The summed E-state index contributed by atoms with van der Waals surface area (Å²) in [6, 6.07) is 5.70. The van der Waals surface area contributed by atoms with Crippen LogP contribution in [-0.2, 0) is 9.59 Å². The second-order valence-corrected chi connectivity index (χ2v) is 10.3. The van der Waals surface area contributed by atoms with Crippen LogP contribution in [0.4, 0.5) is 15.3 Å². The smallest absolute Gasteiger partial charge is 0.326 e. The van der Waals surface area contributed by atoms with E-state index in [0.717, 1.165) is 29.1 Å². The highest BCUT2D eigenvalue weighted by molar-refractivity contribution is 6.08. The Balaban J connectivity index is 1.71. The molecule has 7 amide bonds. The van der Waals surface area contributed by atoms with Crippen molar-refractivity contribution in [1.82, 2.24) is 25.3 Å². The predicted molar refractivity (Wildman–Crippen MR) is 127 cm³/mol. The van der Waals surface area contributed by atoms with Crippen molar-refractivity contribution in [3.05, 3.63) is 29.8 Å². The molecule has 0 unspecified atom stereocenters. The molecule has 3 aliphatic rings. The minimum absolute atomic E-state index is 0.166. The fraction of sp³-hybridized carbons (Fsp3) is 0.542. The lowest BCUT2D eigenvalue weighted by molar-refractivity contribution is -0.130. The lowest BCUT2D eigenvalue weighted by Crippen LogP contribution is -2.50. The number of likely N-dealkylation sites (tertiary alicyclic amines) is 1. The number of amides is 7. The Kier molecular flexibility index (Phi) is 6.20. The van der Waals surface area contributed by atoms with Gasteiger partial charge >= 0.3 is 12.1 Å². The number of carbonyl (C=O) groups is 5. The number of urea groups is 2. The van der Waals surface area contributed by atoms with Crippen LogP contribution in [0.2, 0.25) is 0 Å². The summed E-state index contributed by atoms with van der Waals surface area (Å²) >= 11 is 0. The predicted octanol–water partition coefficient (Wildman–Crippen LogP) is 1.69. The maximum absolute atomic E-state index is 13.4. The molecule has 188 valence electrons. The molecule has 11 heteroatoms. The number of imide groups is 2. The molecule has 4 rings (SSSR count). The molecular weight excluding hydrogens is 452 g/mol. The van der Waals surface area contributed by atoms with E-state index in [0.29, 0.717) is 24.3 Å². The molecule has 0 bridgehead atoms. The van der Waals surface area contributed by atoms with Gasteiger partial charge in [0.15, 0.2) is 0 Å². The van der Waals surface area contributed by atoms with Gasteiger partial charge in [0.1, 0.15) is 24.4 Å². The van der Waals surface area contributed by atoms with Gasteiger partial charge in [0.25, 0.3) is 17.7 Å². The van der Waals surface area contributed by atoms with Gasteiger partial charge in [0, 0.05) is 13.1 Å². The number of carbonyl (C=O) groups excluding carboxylic acids is 5. The van der Waals surface area contributed by atoms with Gasteiger partial charge < -0.3 is 20.4 Å². The zero-order valence-corrected chi connectivity index (χ0v) is 20.6. The van der Waals surface area contributed by atoms with Crippen molar-refractivity contribution < 1.29 is 24.0 Å². The van der Waals surface area contributed by atoms with Crippen molar-refractivity contribution in [1.29, 1.82) is 0 Å². The summed E-state index contributed by atoms with van der Waals surface area (Å²) in [6.07, 6.45) is 2.92. The van der Waals surface area contributed by atoms with Crippen molar-refractivity contribution >= 4 is 35.5 Å². The number of para-hydroxylation sites is 1. The Morgan fingerprint density at radius 1 is 0.829 bits per heavy atom. The van der Waals surface area contributed by atoms with E-state index in [1.165, 1.54) is 0 Å². The van der Waals surface area contributed by atoms with E-state index in [4.69, 9.17) is 0 Å². The van der Waals surface area contributed by atoms with E-state index in [-0.39, 0.29) is 19.2 Å². The van der Waals surface area contributed by atoms with Crippen LogP contribution in [0.3, 0.4) is 0 Å². The molecule has 0 radical (unpaired) electrons. The average Bonchev–Trinajstić information content (AvgIpc) is 3.14. The second kappa shape index (κ2) is 8.86. The van der Waals surface area contributed by atoms with Gasteiger partial charge in [-0.3, -0.25) is 14.4 Å². The molecule has 2 N–H and O–H groups in total. The van der Waals surface area contributed by atoms with Crippen LogP contribution >= 0.6 is 0 Å². The molecule has 0 aromatic heterocycles. The number of piperidine rings is 1. The average molecular weight is 485 g/mol. The fourth-order valence-corrected chi connectivity index (χ4v) is 4.63. The van der Waals surface area contributed by atoms with Crippen LogP contribution in [-0.4, -0.2) is 82.0 Å². The summed E-state index contributed by atoms with van der Waals surface area (Å²) in [5.74, 6) is -1.05. The maximum Gasteiger partial charge on any atom is 0.326 e. The van der Waals surface area contributed by atoms with Crippen LogP contribution in [0.1, 0.15) is 57.3 Å². The molecule has 0 saturated carbocycles. The van der Waals surface area contributed by atoms with Crippen molar-refractivity contribution in [3.8, 4) is 0 Å². The highest BCUT2D eigenvalue weighted by Crippen LogP contribution is 2.27. The Bertz CT molecular complexity index is 1030. The van der Waals surface area contributed by atoms with Gasteiger partial charge in [-0.1, -0.05) is 12.1 Å². The lowest BCUT2D eigenvalue weighted by atomic mass is 10.1. The summed E-state index contributed by atoms with van der Waals surface area (Å²) in [5.41, 5.74) is -1.37. The van der Waals surface area contributed by atoms with Crippen molar-refractivity contribution in [2.45, 2.75) is 58.0 Å². The third kappa shape index (κ3) is 4.54. The van der Waals surface area contributed by atoms with E-state index < -0.39 is 35.0 Å². The first kappa shape index (κ1) is 24.5. The Labute approximate surface area is 204 Å². The van der Waals surface area contributed by atoms with E-state index >= 15 is 0 Å². The molecule has 3 heterocycles. The lowest BCUT2D eigenvalue weighted by Gasteiger charge is -2.34. The highest BCUT2D eigenvalue weighted by Gasteiger charge is 2.47. The summed E-state index contributed by atoms with van der Waals surface area (Å²) in [5, 5.41) is 5.28. The molecule has 1 aromatic rings. The first-order valence-electron chi connectivity index (χ1n) is 11.8. The quantitative estimate of drug-likeness (QED) is 0.593. The largest absolute Gasteiger partial charge is 0.339 e. The maximum atomic E-state index is 13.4. The minimum atomic E-state index is -1.09. The molecular formula is C24H32N6O5. The van der Waals surface area contributed by atoms with E-state index in [9.17, 15) is 24.0 Å². The first-order chi connectivity index (χ1) is 16.4. The van der Waals surface area contributed by atoms with E-state index in [1.807, 2.05) is 0 Å². The number of nitrogens with one attached hydrogen (secondary N) is 2. The van der Waals surface area contributed by atoms with Gasteiger partial charge in [-0.25, -0.2) is 19.4 Å². The van der Waals surface area contributed by atoms with Crippen molar-refractivity contribution in [2.75, 3.05) is 31.3 Å². The molecule has 11 nitrogen and oxygen atoms in total. The number of benzene rings is 1. The second-order valence-electron chi connectivity index (χ2n) is 10.3. The van der Waals surface area contributed by atoms with Crippen LogP contribution in [0, 0.1) is 0 Å². The SMILES string of the molecule is CC1(C)NC(=O)N(CN(CN2C(=O)NC(C)(C)C2=O)c2ccccc2C(=O)N2CCCCC2)C1=O. The third-order valence-corrected chi connectivity index (χ3v) is 6.63. The minimum Gasteiger partial charge on any atom is -0.339 e. The molecule has 3 aliphatic heterocycles. The number of nitrogens with zero attached hydrogens (tertiary/aromatic N) is 4. The number of hydrogen-bond donors (Lipinski definition) is 2. The highest BCUT2D eigenvalue weighted by atomic mass is 16.2. The van der Waals surface area contributed by atoms with Gasteiger partial charge in [0.05, 0.1) is 11.3 Å². The molecule has 3 saturated heterocycles. The Morgan fingerprint density at radius 3 is 1.77 bits per heavy atom. The topological polar surface area (TPSA) is 122 Å². The van der Waals surface area contributed by atoms with Crippen LogP contribution < -0.4 is 15.5 Å². The van der Waals surface area contributed by atoms with E-state index in [1.54, 1.807) is 61.8 Å². The molecule has 0 aliphatic carbocycles. The Hall–Kier alpha value is -3.63. The normalized spacial score (nSPS) is 21.3. The van der Waals surface area contributed by atoms with E-state index in [2.05, 4.69) is 10.6 Å². The van der Waals surface area contributed by atoms with Gasteiger partial charge in [-0.15, -0.1) is 0 Å². The van der Waals surface area contributed by atoms with Gasteiger partial charge in [0.2, 0.25) is 0 Å². The number of hydrogen-bond acceptors (Lipinski definition) is 6. The first-order valence-corrected chi connectivity index (χ1v) is 11.8. The van der Waals surface area contributed by atoms with Crippen LogP contribution in [0.15, 0.2) is 24.3 Å². The summed E-state index contributed by atoms with van der Waals surface area (Å²) in [4.78, 5) is 70.0.